The molecule has 2 amide bonds. The van der Waals surface area contributed by atoms with Crippen LogP contribution in [0.25, 0.3) is 0 Å². The third-order valence-corrected chi connectivity index (χ3v) is 4.63. The maximum absolute atomic E-state index is 13.1. The highest BCUT2D eigenvalue weighted by atomic mass is 19.1. The van der Waals surface area contributed by atoms with E-state index in [1.165, 1.54) is 12.1 Å². The summed E-state index contributed by atoms with van der Waals surface area (Å²) in [5.41, 5.74) is 2.27. The quantitative estimate of drug-likeness (QED) is 0.667. The van der Waals surface area contributed by atoms with Gasteiger partial charge in [0.05, 0.1) is 0 Å². The summed E-state index contributed by atoms with van der Waals surface area (Å²) in [5.74, 6) is -0.822. The van der Waals surface area contributed by atoms with Crippen LogP contribution in [0.4, 0.5) is 4.39 Å². The third-order valence-electron chi connectivity index (χ3n) is 4.63. The van der Waals surface area contributed by atoms with Crippen molar-refractivity contribution in [1.82, 2.24) is 10.2 Å². The Morgan fingerprint density at radius 3 is 2.07 bits per heavy atom. The van der Waals surface area contributed by atoms with Crippen LogP contribution < -0.4 is 5.32 Å². The Kier molecular flexibility index (Phi) is 6.74. The van der Waals surface area contributed by atoms with Gasteiger partial charge in [-0.25, -0.2) is 4.39 Å². The van der Waals surface area contributed by atoms with Crippen molar-refractivity contribution >= 4 is 11.8 Å². The van der Waals surface area contributed by atoms with Crippen LogP contribution in [0.3, 0.4) is 0 Å². The standard InChI is InChI=1S/C24H23FN2O2/c1-27(17-19-12-14-21(25)15-13-19)24(29)22(16-18-8-4-2-5-9-18)26-23(28)20-10-6-3-7-11-20/h2-15,22H,16-17H2,1H3,(H,26,28)/t22-/m1/s1. The first-order valence-corrected chi connectivity index (χ1v) is 9.42. The second kappa shape index (κ2) is 9.64. The Morgan fingerprint density at radius 2 is 1.45 bits per heavy atom. The summed E-state index contributed by atoms with van der Waals surface area (Å²) in [7, 11) is 1.68. The predicted molar refractivity (Wildman–Crippen MR) is 111 cm³/mol. The molecule has 0 aliphatic carbocycles. The number of hydrogen-bond donors (Lipinski definition) is 1. The molecule has 0 fully saturated rings. The molecule has 5 heteroatoms. The Morgan fingerprint density at radius 1 is 0.862 bits per heavy atom. The first-order valence-electron chi connectivity index (χ1n) is 9.42. The predicted octanol–water partition coefficient (Wildman–Crippen LogP) is 3.83. The summed E-state index contributed by atoms with van der Waals surface area (Å²) < 4.78 is 13.1. The van der Waals surface area contributed by atoms with Gasteiger partial charge in [0.25, 0.3) is 5.91 Å². The van der Waals surface area contributed by atoms with Crippen molar-refractivity contribution in [1.29, 1.82) is 0 Å². The van der Waals surface area contributed by atoms with Crippen molar-refractivity contribution in [3.05, 3.63) is 107 Å². The van der Waals surface area contributed by atoms with Crippen molar-refractivity contribution in [2.75, 3.05) is 7.05 Å². The van der Waals surface area contributed by atoms with Crippen molar-refractivity contribution in [3.63, 3.8) is 0 Å². The number of carbonyl (C=O) groups excluding carboxylic acids is 2. The van der Waals surface area contributed by atoms with Crippen LogP contribution in [0.1, 0.15) is 21.5 Å². The molecule has 29 heavy (non-hydrogen) atoms. The van der Waals surface area contributed by atoms with Crippen LogP contribution in [0.15, 0.2) is 84.9 Å². The monoisotopic (exact) mass is 390 g/mol. The van der Waals surface area contributed by atoms with Crippen molar-refractivity contribution in [2.24, 2.45) is 0 Å². The van der Waals surface area contributed by atoms with E-state index in [0.717, 1.165) is 11.1 Å². The molecule has 0 radical (unpaired) electrons. The Balaban J connectivity index is 1.76. The third kappa shape index (κ3) is 5.75. The number of benzene rings is 3. The van der Waals surface area contributed by atoms with Gasteiger partial charge >= 0.3 is 0 Å². The van der Waals surface area contributed by atoms with Gasteiger partial charge in [-0.3, -0.25) is 9.59 Å². The number of nitrogens with zero attached hydrogens (tertiary/aromatic N) is 1. The first kappa shape index (κ1) is 20.3. The maximum Gasteiger partial charge on any atom is 0.251 e. The van der Waals surface area contributed by atoms with E-state index in [1.807, 2.05) is 36.4 Å². The van der Waals surface area contributed by atoms with Gasteiger partial charge in [0.2, 0.25) is 5.91 Å². The lowest BCUT2D eigenvalue weighted by Gasteiger charge is -2.25. The highest BCUT2D eigenvalue weighted by molar-refractivity contribution is 5.97. The molecule has 148 valence electrons. The topological polar surface area (TPSA) is 49.4 Å². The summed E-state index contributed by atoms with van der Waals surface area (Å²) in [6, 6.07) is 23.7. The Hall–Kier alpha value is -3.47. The van der Waals surface area contributed by atoms with Gasteiger partial charge in [-0.1, -0.05) is 60.7 Å². The van der Waals surface area contributed by atoms with Crippen LogP contribution in [-0.4, -0.2) is 29.8 Å². The summed E-state index contributed by atoms with van der Waals surface area (Å²) >= 11 is 0. The number of rotatable bonds is 7. The lowest BCUT2D eigenvalue weighted by Crippen LogP contribution is -2.48. The molecule has 3 rings (SSSR count). The van der Waals surface area contributed by atoms with Gasteiger partial charge in [-0.05, 0) is 35.4 Å². The van der Waals surface area contributed by atoms with Gasteiger partial charge in [0.15, 0.2) is 0 Å². The fraction of sp³-hybridized carbons (Fsp3) is 0.167. The highest BCUT2D eigenvalue weighted by Gasteiger charge is 2.25. The largest absolute Gasteiger partial charge is 0.340 e. The van der Waals surface area contributed by atoms with Crippen molar-refractivity contribution < 1.29 is 14.0 Å². The maximum atomic E-state index is 13.1. The molecule has 1 N–H and O–H groups in total. The number of likely N-dealkylation sites (N-methyl/N-ethyl adjacent to an activating group) is 1. The minimum Gasteiger partial charge on any atom is -0.340 e. The van der Waals surface area contributed by atoms with E-state index in [9.17, 15) is 14.0 Å². The second-order valence-electron chi connectivity index (χ2n) is 6.90. The number of nitrogens with one attached hydrogen (secondary N) is 1. The molecule has 0 saturated carbocycles. The van der Waals surface area contributed by atoms with Crippen LogP contribution in [0, 0.1) is 5.82 Å². The molecular weight excluding hydrogens is 367 g/mol. The molecule has 0 aliphatic heterocycles. The van der Waals surface area contributed by atoms with E-state index in [1.54, 1.807) is 48.3 Å². The lowest BCUT2D eigenvalue weighted by molar-refractivity contribution is -0.132. The van der Waals surface area contributed by atoms with E-state index in [2.05, 4.69) is 5.32 Å². The molecule has 0 unspecified atom stereocenters. The number of halogens is 1. The molecule has 3 aromatic rings. The van der Waals surface area contributed by atoms with Gasteiger partial charge in [0.1, 0.15) is 11.9 Å². The van der Waals surface area contributed by atoms with Crippen molar-refractivity contribution in [2.45, 2.75) is 19.0 Å². The van der Waals surface area contributed by atoms with E-state index in [4.69, 9.17) is 0 Å². The smallest absolute Gasteiger partial charge is 0.251 e. The zero-order valence-corrected chi connectivity index (χ0v) is 16.2. The summed E-state index contributed by atoms with van der Waals surface area (Å²) in [4.78, 5) is 27.3. The second-order valence-corrected chi connectivity index (χ2v) is 6.90. The number of hydrogen-bond acceptors (Lipinski definition) is 2. The molecule has 0 heterocycles. The summed E-state index contributed by atoms with van der Waals surface area (Å²) in [6.45, 7) is 0.325. The SMILES string of the molecule is CN(Cc1ccc(F)cc1)C(=O)[C@@H](Cc1ccccc1)NC(=O)c1ccccc1. The van der Waals surface area contributed by atoms with Gasteiger partial charge < -0.3 is 10.2 Å². The molecule has 1 atom stereocenters. The van der Waals surface area contributed by atoms with E-state index >= 15 is 0 Å². The zero-order chi connectivity index (χ0) is 20.6. The van der Waals surface area contributed by atoms with Crippen LogP contribution >= 0.6 is 0 Å². The average Bonchev–Trinajstić information content (AvgIpc) is 2.75. The number of amides is 2. The summed E-state index contributed by atoms with van der Waals surface area (Å²) in [6.07, 6.45) is 0.381. The molecule has 4 nitrogen and oxygen atoms in total. The molecule has 0 aliphatic rings. The lowest BCUT2D eigenvalue weighted by atomic mass is 10.0. The zero-order valence-electron chi connectivity index (χ0n) is 16.2. The van der Waals surface area contributed by atoms with Crippen molar-refractivity contribution in [3.8, 4) is 0 Å². The molecule has 0 spiro atoms. The molecule has 3 aromatic carbocycles. The molecule has 0 aromatic heterocycles. The summed E-state index contributed by atoms with van der Waals surface area (Å²) in [5, 5.41) is 2.87. The van der Waals surface area contributed by atoms with E-state index in [0.29, 0.717) is 18.5 Å². The molecular formula is C24H23FN2O2. The highest BCUT2D eigenvalue weighted by Crippen LogP contribution is 2.11. The van der Waals surface area contributed by atoms with Crippen LogP contribution in [0.2, 0.25) is 0 Å². The van der Waals surface area contributed by atoms with E-state index < -0.39 is 6.04 Å². The number of carbonyl (C=O) groups is 2. The minimum absolute atomic E-state index is 0.206. The average molecular weight is 390 g/mol. The van der Waals surface area contributed by atoms with Crippen LogP contribution in [0.5, 0.6) is 0 Å². The fourth-order valence-electron chi connectivity index (χ4n) is 3.09. The van der Waals surface area contributed by atoms with E-state index in [-0.39, 0.29) is 17.6 Å². The van der Waals surface area contributed by atoms with Gasteiger partial charge in [-0.15, -0.1) is 0 Å². The van der Waals surface area contributed by atoms with Gasteiger partial charge in [-0.2, -0.15) is 0 Å². The van der Waals surface area contributed by atoms with Crippen LogP contribution in [-0.2, 0) is 17.8 Å². The molecule has 0 bridgehead atoms. The normalized spacial score (nSPS) is 11.5. The molecule has 0 saturated heterocycles. The first-order chi connectivity index (χ1) is 14.0. The minimum atomic E-state index is -0.712. The Labute approximate surface area is 170 Å². The fourth-order valence-corrected chi connectivity index (χ4v) is 3.09. The van der Waals surface area contributed by atoms with Gasteiger partial charge in [0, 0.05) is 25.6 Å². The Bertz CT molecular complexity index is 944.